The van der Waals surface area contributed by atoms with Gasteiger partial charge in [0.15, 0.2) is 0 Å². The van der Waals surface area contributed by atoms with Crippen molar-refractivity contribution in [1.82, 2.24) is 20.0 Å². The highest BCUT2D eigenvalue weighted by Crippen LogP contribution is 2.14. The Bertz CT molecular complexity index is 468. The van der Waals surface area contributed by atoms with Gasteiger partial charge in [-0.25, -0.2) is 0 Å². The van der Waals surface area contributed by atoms with E-state index in [9.17, 15) is 9.59 Å². The van der Waals surface area contributed by atoms with E-state index in [2.05, 4.69) is 10.4 Å². The van der Waals surface area contributed by atoms with E-state index in [-0.39, 0.29) is 17.9 Å². The summed E-state index contributed by atoms with van der Waals surface area (Å²) in [5.74, 6) is -0.133. The quantitative estimate of drug-likeness (QED) is 0.806. The number of amides is 2. The maximum Gasteiger partial charge on any atom is 0.245 e. The second kappa shape index (κ2) is 4.80. The first kappa shape index (κ1) is 12.6. The van der Waals surface area contributed by atoms with Gasteiger partial charge in [0.05, 0.1) is 12.2 Å². The number of aromatic nitrogens is 2. The van der Waals surface area contributed by atoms with Crippen molar-refractivity contribution in [2.75, 3.05) is 0 Å². The van der Waals surface area contributed by atoms with Gasteiger partial charge < -0.3 is 10.2 Å². The molecule has 6 heteroatoms. The zero-order valence-electron chi connectivity index (χ0n) is 10.9. The maximum absolute atomic E-state index is 12.2. The zero-order chi connectivity index (χ0) is 13.3. The summed E-state index contributed by atoms with van der Waals surface area (Å²) >= 11 is 0. The fourth-order valence-electron chi connectivity index (χ4n) is 2.16. The van der Waals surface area contributed by atoms with Crippen molar-refractivity contribution in [2.45, 2.75) is 38.9 Å². The number of rotatable bonds is 2. The standard InChI is InChI=1S/C12H18N4O2/c1-8-6-11(17)13-9(2)12(18)16(8)7-10-4-5-15(3)14-10/h4-5,8-9H,6-7H2,1-3H3,(H,13,17). The molecule has 2 unspecified atom stereocenters. The normalized spacial score (nSPS) is 24.9. The van der Waals surface area contributed by atoms with Crippen LogP contribution < -0.4 is 5.32 Å². The molecule has 6 nitrogen and oxygen atoms in total. The van der Waals surface area contributed by atoms with Gasteiger partial charge in [0.2, 0.25) is 11.8 Å². The Balaban J connectivity index is 2.18. The Hall–Kier alpha value is -1.85. The van der Waals surface area contributed by atoms with Gasteiger partial charge in [0.1, 0.15) is 6.04 Å². The third-order valence-corrected chi connectivity index (χ3v) is 3.15. The Morgan fingerprint density at radius 1 is 1.44 bits per heavy atom. The lowest BCUT2D eigenvalue weighted by Crippen LogP contribution is -2.44. The summed E-state index contributed by atoms with van der Waals surface area (Å²) < 4.78 is 1.70. The van der Waals surface area contributed by atoms with Gasteiger partial charge in [-0.05, 0) is 19.9 Å². The molecule has 18 heavy (non-hydrogen) atoms. The second-order valence-corrected chi connectivity index (χ2v) is 4.79. The first-order valence-corrected chi connectivity index (χ1v) is 6.05. The van der Waals surface area contributed by atoms with Gasteiger partial charge in [-0.15, -0.1) is 0 Å². The molecular formula is C12H18N4O2. The van der Waals surface area contributed by atoms with Crippen LogP contribution in [0.1, 0.15) is 26.0 Å². The van der Waals surface area contributed by atoms with E-state index in [1.807, 2.05) is 26.2 Å². The molecule has 0 aliphatic carbocycles. The minimum atomic E-state index is -0.467. The maximum atomic E-state index is 12.2. The van der Waals surface area contributed by atoms with Gasteiger partial charge in [-0.3, -0.25) is 14.3 Å². The van der Waals surface area contributed by atoms with Crippen LogP contribution in [0.4, 0.5) is 0 Å². The fourth-order valence-corrected chi connectivity index (χ4v) is 2.16. The summed E-state index contributed by atoms with van der Waals surface area (Å²) in [5, 5.41) is 6.95. The molecule has 1 aliphatic rings. The Kier molecular flexibility index (Phi) is 3.36. The van der Waals surface area contributed by atoms with Crippen molar-refractivity contribution in [3.05, 3.63) is 18.0 Å². The van der Waals surface area contributed by atoms with Gasteiger partial charge in [0.25, 0.3) is 0 Å². The highest BCUT2D eigenvalue weighted by Gasteiger charge is 2.31. The van der Waals surface area contributed by atoms with Crippen molar-refractivity contribution in [3.8, 4) is 0 Å². The lowest BCUT2D eigenvalue weighted by Gasteiger charge is -2.26. The SMILES string of the molecule is CC1NC(=O)CC(C)N(Cc2ccn(C)n2)C1=O. The molecule has 1 aromatic rings. The minimum Gasteiger partial charge on any atom is -0.345 e. The molecule has 98 valence electrons. The molecule has 1 saturated heterocycles. The summed E-state index contributed by atoms with van der Waals surface area (Å²) in [6, 6.07) is 1.31. The second-order valence-electron chi connectivity index (χ2n) is 4.79. The monoisotopic (exact) mass is 250 g/mol. The van der Waals surface area contributed by atoms with Crippen LogP contribution in [0.25, 0.3) is 0 Å². The van der Waals surface area contributed by atoms with Crippen LogP contribution in [-0.2, 0) is 23.2 Å². The van der Waals surface area contributed by atoms with E-state index in [0.29, 0.717) is 13.0 Å². The number of carbonyl (C=O) groups is 2. The van der Waals surface area contributed by atoms with Crippen LogP contribution in [-0.4, -0.2) is 38.6 Å². The predicted molar refractivity (Wildman–Crippen MR) is 65.4 cm³/mol. The Labute approximate surface area is 106 Å². The third kappa shape index (κ3) is 2.52. The molecule has 2 heterocycles. The first-order chi connectivity index (χ1) is 8.47. The summed E-state index contributed by atoms with van der Waals surface area (Å²) in [6.07, 6.45) is 2.18. The molecule has 0 radical (unpaired) electrons. The first-order valence-electron chi connectivity index (χ1n) is 6.05. The minimum absolute atomic E-state index is 0.0565. The molecule has 0 spiro atoms. The summed E-state index contributed by atoms with van der Waals surface area (Å²) in [7, 11) is 1.84. The number of hydrogen-bond acceptors (Lipinski definition) is 3. The highest BCUT2D eigenvalue weighted by atomic mass is 16.2. The van der Waals surface area contributed by atoms with E-state index in [1.165, 1.54) is 0 Å². The van der Waals surface area contributed by atoms with Gasteiger partial charge in [-0.2, -0.15) is 5.10 Å². The average Bonchev–Trinajstić information content (AvgIpc) is 2.66. The molecule has 0 bridgehead atoms. The van der Waals surface area contributed by atoms with E-state index in [4.69, 9.17) is 0 Å². The molecule has 1 N–H and O–H groups in total. The van der Waals surface area contributed by atoms with E-state index in [1.54, 1.807) is 16.5 Å². The molecule has 2 rings (SSSR count). The largest absolute Gasteiger partial charge is 0.345 e. The Morgan fingerprint density at radius 2 is 2.17 bits per heavy atom. The van der Waals surface area contributed by atoms with E-state index >= 15 is 0 Å². The summed E-state index contributed by atoms with van der Waals surface area (Å²) in [4.78, 5) is 25.4. The van der Waals surface area contributed by atoms with Crippen LogP contribution >= 0.6 is 0 Å². The third-order valence-electron chi connectivity index (χ3n) is 3.15. The lowest BCUT2D eigenvalue weighted by atomic mass is 10.2. The summed E-state index contributed by atoms with van der Waals surface area (Å²) in [5.41, 5.74) is 0.833. The highest BCUT2D eigenvalue weighted by molar-refractivity contribution is 5.90. The van der Waals surface area contributed by atoms with Crippen molar-refractivity contribution in [2.24, 2.45) is 7.05 Å². The van der Waals surface area contributed by atoms with Crippen molar-refractivity contribution >= 4 is 11.8 Å². The molecule has 1 fully saturated rings. The number of carbonyl (C=O) groups excluding carboxylic acids is 2. The van der Waals surface area contributed by atoms with Crippen molar-refractivity contribution < 1.29 is 9.59 Å². The van der Waals surface area contributed by atoms with Crippen LogP contribution in [0.15, 0.2) is 12.3 Å². The van der Waals surface area contributed by atoms with Gasteiger partial charge >= 0.3 is 0 Å². The van der Waals surface area contributed by atoms with Crippen LogP contribution in [0.3, 0.4) is 0 Å². The molecule has 1 aromatic heterocycles. The van der Waals surface area contributed by atoms with Gasteiger partial charge in [-0.1, -0.05) is 0 Å². The lowest BCUT2D eigenvalue weighted by molar-refractivity contribution is -0.135. The zero-order valence-corrected chi connectivity index (χ0v) is 10.9. The number of nitrogens with zero attached hydrogens (tertiary/aromatic N) is 3. The molecule has 0 saturated carbocycles. The van der Waals surface area contributed by atoms with Gasteiger partial charge in [0, 0.05) is 25.7 Å². The number of nitrogens with one attached hydrogen (secondary N) is 1. The van der Waals surface area contributed by atoms with E-state index in [0.717, 1.165) is 5.69 Å². The molecule has 2 amide bonds. The van der Waals surface area contributed by atoms with Crippen LogP contribution in [0, 0.1) is 0 Å². The summed E-state index contributed by atoms with van der Waals surface area (Å²) in [6.45, 7) is 4.04. The van der Waals surface area contributed by atoms with Crippen molar-refractivity contribution in [1.29, 1.82) is 0 Å². The smallest absolute Gasteiger partial charge is 0.245 e. The molecular weight excluding hydrogens is 232 g/mol. The Morgan fingerprint density at radius 3 is 2.78 bits per heavy atom. The van der Waals surface area contributed by atoms with E-state index < -0.39 is 6.04 Å². The molecule has 2 atom stereocenters. The van der Waals surface area contributed by atoms with Crippen LogP contribution in [0.2, 0.25) is 0 Å². The molecule has 0 aromatic carbocycles. The molecule has 1 aliphatic heterocycles. The number of hydrogen-bond donors (Lipinski definition) is 1. The topological polar surface area (TPSA) is 67.2 Å². The van der Waals surface area contributed by atoms with Crippen molar-refractivity contribution in [3.63, 3.8) is 0 Å². The predicted octanol–water partition coefficient (Wildman–Crippen LogP) is 0.0456. The average molecular weight is 250 g/mol. The fraction of sp³-hybridized carbons (Fsp3) is 0.583. The number of aryl methyl sites for hydroxylation is 1. The van der Waals surface area contributed by atoms with Crippen LogP contribution in [0.5, 0.6) is 0 Å².